The zero-order valence-corrected chi connectivity index (χ0v) is 17.6. The van der Waals surface area contributed by atoms with Crippen LogP contribution >= 0.6 is 0 Å². The molecule has 0 bridgehead atoms. The summed E-state index contributed by atoms with van der Waals surface area (Å²) in [5.74, 6) is 1.73. The van der Waals surface area contributed by atoms with Crippen molar-refractivity contribution >= 4 is 12.6 Å². The van der Waals surface area contributed by atoms with Gasteiger partial charge in [-0.2, -0.15) is 0 Å². The maximum atomic E-state index is 6.31. The smallest absolute Gasteiger partial charge is 0.490 e. The third-order valence-electron chi connectivity index (χ3n) is 6.59. The van der Waals surface area contributed by atoms with Crippen molar-refractivity contribution in [1.29, 1.82) is 0 Å². The van der Waals surface area contributed by atoms with Crippen LogP contribution in [-0.2, 0) is 9.31 Å². The summed E-state index contributed by atoms with van der Waals surface area (Å²) in [5, 5.41) is 0. The van der Waals surface area contributed by atoms with Crippen LogP contribution in [0.4, 0.5) is 0 Å². The van der Waals surface area contributed by atoms with E-state index in [1.165, 1.54) is 12.8 Å². The standard InChI is InChI=1S/C22H35BO3/c1-20(2,3)16-11-13-18(14-12-16)24-19-10-8-9-17(15-19)23-25-21(4,5)22(6,7)26-23/h8-10,15-16,18H,11-14H2,1-7H3/t16-,18-. The first-order chi connectivity index (χ1) is 12.0. The number of benzene rings is 1. The monoisotopic (exact) mass is 358 g/mol. The molecular weight excluding hydrogens is 323 g/mol. The molecule has 0 atom stereocenters. The average Bonchev–Trinajstić information content (AvgIpc) is 2.75. The van der Waals surface area contributed by atoms with Crippen LogP contribution in [0.3, 0.4) is 0 Å². The van der Waals surface area contributed by atoms with Gasteiger partial charge in [0.25, 0.3) is 0 Å². The number of rotatable bonds is 3. The molecule has 1 aliphatic carbocycles. The Bertz CT molecular complexity index is 609. The molecule has 1 aromatic carbocycles. The van der Waals surface area contributed by atoms with Crippen molar-refractivity contribution in [3.8, 4) is 5.75 Å². The average molecular weight is 358 g/mol. The number of hydrogen-bond acceptors (Lipinski definition) is 3. The molecule has 3 nitrogen and oxygen atoms in total. The van der Waals surface area contributed by atoms with E-state index in [1.54, 1.807) is 0 Å². The molecule has 3 rings (SSSR count). The van der Waals surface area contributed by atoms with Crippen molar-refractivity contribution < 1.29 is 14.0 Å². The van der Waals surface area contributed by atoms with Crippen molar-refractivity contribution in [2.45, 2.75) is 91.5 Å². The summed E-state index contributed by atoms with van der Waals surface area (Å²) in [6.07, 6.45) is 5.11. The minimum absolute atomic E-state index is 0.320. The van der Waals surface area contributed by atoms with Crippen molar-refractivity contribution in [2.24, 2.45) is 11.3 Å². The Balaban J connectivity index is 1.63. The molecule has 1 saturated heterocycles. The van der Waals surface area contributed by atoms with Crippen LogP contribution in [0.25, 0.3) is 0 Å². The second-order valence-corrected chi connectivity index (χ2v) is 10.1. The zero-order valence-electron chi connectivity index (χ0n) is 17.6. The Labute approximate surface area is 159 Å². The van der Waals surface area contributed by atoms with Crippen molar-refractivity contribution in [3.05, 3.63) is 24.3 Å². The lowest BCUT2D eigenvalue weighted by Gasteiger charge is -2.37. The second-order valence-electron chi connectivity index (χ2n) is 10.1. The second kappa shape index (κ2) is 6.87. The zero-order chi connectivity index (χ0) is 19.2. The summed E-state index contributed by atoms with van der Waals surface area (Å²) in [4.78, 5) is 0. The number of hydrogen-bond donors (Lipinski definition) is 0. The fourth-order valence-electron chi connectivity index (χ4n) is 3.95. The van der Waals surface area contributed by atoms with E-state index in [0.717, 1.165) is 30.0 Å². The summed E-state index contributed by atoms with van der Waals surface area (Å²) in [6.45, 7) is 15.4. The lowest BCUT2D eigenvalue weighted by Crippen LogP contribution is -2.41. The topological polar surface area (TPSA) is 27.7 Å². The molecule has 2 fully saturated rings. The van der Waals surface area contributed by atoms with E-state index in [4.69, 9.17) is 14.0 Å². The SMILES string of the molecule is CC1(C)OB(c2cccc(O[C@H]3CC[C@H](C(C)(C)C)CC3)c2)OC1(C)C. The fourth-order valence-corrected chi connectivity index (χ4v) is 3.95. The van der Waals surface area contributed by atoms with Gasteiger partial charge in [0.05, 0.1) is 17.3 Å². The van der Waals surface area contributed by atoms with E-state index in [0.29, 0.717) is 11.5 Å². The fraction of sp³-hybridized carbons (Fsp3) is 0.727. The van der Waals surface area contributed by atoms with Gasteiger partial charge >= 0.3 is 7.12 Å². The third-order valence-corrected chi connectivity index (χ3v) is 6.59. The van der Waals surface area contributed by atoms with Gasteiger partial charge in [-0.1, -0.05) is 32.9 Å². The van der Waals surface area contributed by atoms with Gasteiger partial charge < -0.3 is 14.0 Å². The summed E-state index contributed by atoms with van der Waals surface area (Å²) in [5.41, 5.74) is 0.797. The lowest BCUT2D eigenvalue weighted by molar-refractivity contribution is 0.00578. The van der Waals surface area contributed by atoms with Gasteiger partial charge in [-0.3, -0.25) is 0 Å². The van der Waals surface area contributed by atoms with Gasteiger partial charge in [0.2, 0.25) is 0 Å². The van der Waals surface area contributed by atoms with Crippen LogP contribution < -0.4 is 10.2 Å². The molecule has 0 spiro atoms. The molecule has 0 amide bonds. The van der Waals surface area contributed by atoms with Gasteiger partial charge in [0.1, 0.15) is 5.75 Å². The molecule has 1 saturated carbocycles. The first kappa shape index (κ1) is 19.8. The summed E-state index contributed by atoms with van der Waals surface area (Å²) >= 11 is 0. The highest BCUT2D eigenvalue weighted by Crippen LogP contribution is 2.39. The van der Waals surface area contributed by atoms with Gasteiger partial charge in [-0.15, -0.1) is 0 Å². The molecule has 2 aliphatic rings. The predicted molar refractivity (Wildman–Crippen MR) is 108 cm³/mol. The van der Waals surface area contributed by atoms with Crippen molar-refractivity contribution in [2.75, 3.05) is 0 Å². The molecule has 26 heavy (non-hydrogen) atoms. The van der Waals surface area contributed by atoms with Crippen LogP contribution in [0.5, 0.6) is 5.75 Å². The predicted octanol–water partition coefficient (Wildman–Crippen LogP) is 4.97. The van der Waals surface area contributed by atoms with E-state index in [1.807, 2.05) is 12.1 Å². The van der Waals surface area contributed by atoms with E-state index in [2.05, 4.69) is 60.6 Å². The maximum Gasteiger partial charge on any atom is 0.494 e. The van der Waals surface area contributed by atoms with E-state index < -0.39 is 0 Å². The highest BCUT2D eigenvalue weighted by Gasteiger charge is 2.51. The molecule has 4 heteroatoms. The molecule has 1 heterocycles. The van der Waals surface area contributed by atoms with Crippen molar-refractivity contribution in [3.63, 3.8) is 0 Å². The first-order valence-electron chi connectivity index (χ1n) is 10.1. The molecular formula is C22H35BO3. The highest BCUT2D eigenvalue weighted by molar-refractivity contribution is 6.62. The minimum Gasteiger partial charge on any atom is -0.490 e. The number of ether oxygens (including phenoxy) is 1. The summed E-state index contributed by atoms with van der Waals surface area (Å²) < 4.78 is 18.6. The van der Waals surface area contributed by atoms with Gasteiger partial charge in [-0.25, -0.2) is 0 Å². The molecule has 1 aromatic rings. The van der Waals surface area contributed by atoms with Gasteiger partial charge in [0, 0.05) is 0 Å². The molecule has 0 N–H and O–H groups in total. The quantitative estimate of drug-likeness (QED) is 0.714. The third kappa shape index (κ3) is 4.12. The summed E-state index contributed by atoms with van der Waals surface area (Å²) in [7, 11) is -0.333. The van der Waals surface area contributed by atoms with Gasteiger partial charge in [-0.05, 0) is 82.3 Å². The Kier molecular flexibility index (Phi) is 5.22. The van der Waals surface area contributed by atoms with E-state index >= 15 is 0 Å². The Hall–Kier alpha value is -0.995. The maximum absolute atomic E-state index is 6.31. The lowest BCUT2D eigenvalue weighted by atomic mass is 9.72. The molecule has 0 unspecified atom stereocenters. The van der Waals surface area contributed by atoms with E-state index in [-0.39, 0.29) is 18.3 Å². The van der Waals surface area contributed by atoms with E-state index in [9.17, 15) is 0 Å². The van der Waals surface area contributed by atoms with Crippen LogP contribution in [0, 0.1) is 11.3 Å². The highest BCUT2D eigenvalue weighted by atomic mass is 16.7. The molecule has 0 aromatic heterocycles. The molecule has 1 aliphatic heterocycles. The molecule has 144 valence electrons. The Morgan fingerprint density at radius 3 is 2.08 bits per heavy atom. The van der Waals surface area contributed by atoms with Crippen molar-refractivity contribution in [1.82, 2.24) is 0 Å². The largest absolute Gasteiger partial charge is 0.494 e. The summed E-state index contributed by atoms with van der Waals surface area (Å²) in [6, 6.07) is 8.23. The normalized spacial score (nSPS) is 28.2. The van der Waals surface area contributed by atoms with Crippen LogP contribution in [-0.4, -0.2) is 24.4 Å². The molecule has 0 radical (unpaired) electrons. The Morgan fingerprint density at radius 1 is 0.962 bits per heavy atom. The van der Waals surface area contributed by atoms with Crippen LogP contribution in [0.15, 0.2) is 24.3 Å². The minimum atomic E-state index is -0.333. The van der Waals surface area contributed by atoms with Crippen LogP contribution in [0.1, 0.15) is 74.1 Å². The Morgan fingerprint density at radius 2 is 1.54 bits per heavy atom. The van der Waals surface area contributed by atoms with Gasteiger partial charge in [0.15, 0.2) is 0 Å². The van der Waals surface area contributed by atoms with Crippen LogP contribution in [0.2, 0.25) is 0 Å². The first-order valence-corrected chi connectivity index (χ1v) is 10.1.